The second-order valence-electron chi connectivity index (χ2n) is 10.6. The predicted molar refractivity (Wildman–Crippen MR) is 143 cm³/mol. The maximum absolute atomic E-state index is 13.0. The van der Waals surface area contributed by atoms with Gasteiger partial charge in [-0.05, 0) is 12.8 Å². The van der Waals surface area contributed by atoms with Crippen LogP contribution in [0.5, 0.6) is 0 Å². The van der Waals surface area contributed by atoms with Crippen LogP contribution in [-0.2, 0) is 33.4 Å². The van der Waals surface area contributed by atoms with Crippen LogP contribution in [0.15, 0.2) is 4.99 Å². The van der Waals surface area contributed by atoms with E-state index in [1.165, 1.54) is 0 Å². The maximum Gasteiger partial charge on any atom is 0.305 e. The SMILES string of the molecule is NC(N)=NCCC[C@@H]1NC(=O)C[C@@H]2O[C@H](CNC(=O)[C@H](CC(=O)O)NC(=O)C[C@@H]3O[C@H](CNC1=O)[C@@H](O)[C@H]3O)[C@@H](O)[C@H]2O. The Kier molecular flexibility index (Phi) is 12.0. The zero-order valence-electron chi connectivity index (χ0n) is 23.1. The lowest BCUT2D eigenvalue weighted by Gasteiger charge is -2.22. The Morgan fingerprint density at radius 3 is 1.67 bits per heavy atom. The van der Waals surface area contributed by atoms with E-state index in [2.05, 4.69) is 26.3 Å². The number of nitrogens with one attached hydrogen (secondary N) is 4. The number of carbonyl (C=O) groups excluding carboxylic acids is 4. The fourth-order valence-corrected chi connectivity index (χ4v) is 5.00. The minimum atomic E-state index is -1.57. The molecule has 3 saturated heterocycles. The number of aliphatic imine (C=N–C) groups is 1. The number of hydrogen-bond donors (Lipinski definition) is 11. The van der Waals surface area contributed by atoms with Crippen molar-refractivity contribution in [2.75, 3.05) is 19.6 Å². The molecule has 0 saturated carbocycles. The molecule has 0 aromatic heterocycles. The van der Waals surface area contributed by atoms with Crippen LogP contribution in [0.1, 0.15) is 32.1 Å². The first-order valence-corrected chi connectivity index (χ1v) is 13.7. The lowest BCUT2D eigenvalue weighted by molar-refractivity contribution is -0.141. The molecule has 3 fully saturated rings. The number of rotatable bonds is 6. The summed E-state index contributed by atoms with van der Waals surface area (Å²) in [7, 11) is 0. The Hall–Kier alpha value is -3.62. The van der Waals surface area contributed by atoms with Gasteiger partial charge in [-0.1, -0.05) is 0 Å². The van der Waals surface area contributed by atoms with Crippen LogP contribution in [0.25, 0.3) is 0 Å². The van der Waals surface area contributed by atoms with Crippen molar-refractivity contribution in [2.24, 2.45) is 16.5 Å². The molecule has 242 valence electrons. The molecule has 4 bridgehead atoms. The lowest BCUT2D eigenvalue weighted by Crippen LogP contribution is -2.51. The number of hydrogen-bond acceptors (Lipinski definition) is 12. The molecule has 19 heteroatoms. The van der Waals surface area contributed by atoms with Gasteiger partial charge in [0.05, 0.1) is 31.5 Å². The molecular formula is C24H39N7O12. The molecule has 0 aromatic rings. The number of nitrogens with two attached hydrogens (primary N) is 2. The quantitative estimate of drug-likeness (QED) is 0.0750. The van der Waals surface area contributed by atoms with Crippen molar-refractivity contribution in [2.45, 2.75) is 93.0 Å². The minimum absolute atomic E-state index is 0.0801. The van der Waals surface area contributed by atoms with Crippen LogP contribution in [0.2, 0.25) is 0 Å². The van der Waals surface area contributed by atoms with Gasteiger partial charge in [0.15, 0.2) is 5.96 Å². The average molecular weight is 618 g/mol. The Bertz CT molecular complexity index is 1070. The fourth-order valence-electron chi connectivity index (χ4n) is 5.00. The maximum atomic E-state index is 13.0. The Morgan fingerprint density at radius 2 is 1.21 bits per heavy atom. The molecule has 10 atom stereocenters. The molecule has 3 aliphatic rings. The molecule has 3 heterocycles. The highest BCUT2D eigenvalue weighted by Gasteiger charge is 2.45. The van der Waals surface area contributed by atoms with Gasteiger partial charge in [0, 0.05) is 19.6 Å². The third kappa shape index (κ3) is 9.43. The average Bonchev–Trinajstić information content (AvgIpc) is 3.35. The number of guanidine groups is 1. The zero-order chi connectivity index (χ0) is 31.8. The lowest BCUT2D eigenvalue weighted by atomic mass is 10.0. The molecule has 4 amide bonds. The van der Waals surface area contributed by atoms with Gasteiger partial charge >= 0.3 is 5.97 Å². The van der Waals surface area contributed by atoms with E-state index in [0.29, 0.717) is 0 Å². The minimum Gasteiger partial charge on any atom is -0.481 e. The number of fused-ring (bicyclic) bond motifs is 4. The van der Waals surface area contributed by atoms with Crippen molar-refractivity contribution in [3.8, 4) is 0 Å². The van der Waals surface area contributed by atoms with Gasteiger partial charge in [-0.2, -0.15) is 0 Å². The first-order valence-electron chi connectivity index (χ1n) is 13.7. The van der Waals surface area contributed by atoms with E-state index < -0.39 is 116 Å². The predicted octanol–water partition coefficient (Wildman–Crippen LogP) is -6.51. The normalized spacial score (nSPS) is 36.1. The summed E-state index contributed by atoms with van der Waals surface area (Å²) in [5, 5.41) is 60.6. The number of aliphatic hydroxyl groups is 4. The monoisotopic (exact) mass is 617 g/mol. The number of nitrogens with zero attached hydrogens (tertiary/aromatic N) is 1. The summed E-state index contributed by atoms with van der Waals surface area (Å²) in [6, 6.07) is -2.69. The Labute approximate surface area is 245 Å². The molecule has 43 heavy (non-hydrogen) atoms. The van der Waals surface area contributed by atoms with E-state index in [1.54, 1.807) is 0 Å². The number of carboxylic acids is 1. The van der Waals surface area contributed by atoms with Gasteiger partial charge < -0.3 is 67.7 Å². The number of carbonyl (C=O) groups is 5. The molecule has 0 aliphatic carbocycles. The van der Waals surface area contributed by atoms with E-state index in [9.17, 15) is 49.5 Å². The fraction of sp³-hybridized carbons (Fsp3) is 0.750. The van der Waals surface area contributed by atoms with Crippen LogP contribution in [-0.4, -0.2) is 142 Å². The van der Waals surface area contributed by atoms with Crippen molar-refractivity contribution in [3.63, 3.8) is 0 Å². The van der Waals surface area contributed by atoms with Crippen molar-refractivity contribution < 1.29 is 59.0 Å². The summed E-state index contributed by atoms with van der Waals surface area (Å²) in [4.78, 5) is 66.4. The summed E-state index contributed by atoms with van der Waals surface area (Å²) in [5.74, 6) is -4.76. The number of carboxylic acid groups (broad SMARTS) is 1. The molecule has 3 rings (SSSR count). The van der Waals surface area contributed by atoms with Crippen molar-refractivity contribution in [1.82, 2.24) is 21.3 Å². The summed E-state index contributed by atoms with van der Waals surface area (Å²) < 4.78 is 11.1. The molecule has 0 aromatic carbocycles. The van der Waals surface area contributed by atoms with Crippen molar-refractivity contribution >= 4 is 35.6 Å². The van der Waals surface area contributed by atoms with Crippen LogP contribution >= 0.6 is 0 Å². The molecular weight excluding hydrogens is 578 g/mol. The van der Waals surface area contributed by atoms with Gasteiger partial charge in [-0.25, -0.2) is 0 Å². The first kappa shape index (κ1) is 33.9. The Balaban J connectivity index is 1.81. The van der Waals surface area contributed by atoms with E-state index in [0.717, 1.165) is 0 Å². The Morgan fingerprint density at radius 1 is 0.767 bits per heavy atom. The van der Waals surface area contributed by atoms with Crippen LogP contribution in [0, 0.1) is 0 Å². The molecule has 13 N–H and O–H groups in total. The van der Waals surface area contributed by atoms with Gasteiger partial charge in [-0.15, -0.1) is 0 Å². The van der Waals surface area contributed by atoms with Crippen molar-refractivity contribution in [3.05, 3.63) is 0 Å². The van der Waals surface area contributed by atoms with Gasteiger partial charge in [0.25, 0.3) is 0 Å². The smallest absolute Gasteiger partial charge is 0.305 e. The van der Waals surface area contributed by atoms with Crippen LogP contribution in [0.4, 0.5) is 0 Å². The van der Waals surface area contributed by atoms with Gasteiger partial charge in [0.2, 0.25) is 23.6 Å². The van der Waals surface area contributed by atoms with Crippen LogP contribution < -0.4 is 32.7 Å². The highest BCUT2D eigenvalue weighted by atomic mass is 16.5. The third-order valence-corrected chi connectivity index (χ3v) is 7.28. The number of ether oxygens (including phenoxy) is 2. The molecule has 0 radical (unpaired) electrons. The largest absolute Gasteiger partial charge is 0.481 e. The summed E-state index contributed by atoms with van der Waals surface area (Å²) in [5.41, 5.74) is 10.6. The van der Waals surface area contributed by atoms with Gasteiger partial charge in [0.1, 0.15) is 48.7 Å². The molecule has 0 spiro atoms. The number of aliphatic hydroxyl groups excluding tert-OH is 4. The van der Waals surface area contributed by atoms with E-state index in [4.69, 9.17) is 20.9 Å². The highest BCUT2D eigenvalue weighted by molar-refractivity contribution is 5.91. The molecule has 19 nitrogen and oxygen atoms in total. The second kappa shape index (κ2) is 15.2. The van der Waals surface area contributed by atoms with Crippen LogP contribution in [0.3, 0.4) is 0 Å². The summed E-state index contributed by atoms with van der Waals surface area (Å²) in [6.07, 6.45) is -12.4. The standard InChI is InChI=1S/C24H39N7O12/c25-24(26)27-3-1-2-9-22(40)28-7-13-20(38)19(37)12(43-13)6-16(33)31-10(4-17(34)35)23(41)29-8-14-21(39)18(36)11(42-14)5-15(32)30-9/h9-14,18-21,36-39H,1-8H2,(H,28,40)(H,29,41)(H,30,32)(H,31,33)(H,34,35)(H4,25,26,27)/t9-,10-,11-,12-,13+,14+,18-,19-,20+,21+/m0/s1. The molecule has 3 aliphatic heterocycles. The first-order chi connectivity index (χ1) is 20.3. The van der Waals surface area contributed by atoms with Crippen molar-refractivity contribution in [1.29, 1.82) is 0 Å². The van der Waals surface area contributed by atoms with E-state index in [1.807, 2.05) is 0 Å². The number of amides is 4. The van der Waals surface area contributed by atoms with E-state index >= 15 is 0 Å². The third-order valence-electron chi connectivity index (χ3n) is 7.28. The van der Waals surface area contributed by atoms with E-state index in [-0.39, 0.29) is 31.9 Å². The van der Waals surface area contributed by atoms with Gasteiger partial charge in [-0.3, -0.25) is 29.0 Å². The number of aliphatic carboxylic acids is 1. The summed E-state index contributed by atoms with van der Waals surface area (Å²) in [6.45, 7) is -0.577. The zero-order valence-corrected chi connectivity index (χ0v) is 23.1. The topological polar surface area (TPSA) is 317 Å². The highest BCUT2D eigenvalue weighted by Crippen LogP contribution is 2.25. The second-order valence-corrected chi connectivity index (χ2v) is 10.6. The molecule has 0 unspecified atom stereocenters. The summed E-state index contributed by atoms with van der Waals surface area (Å²) >= 11 is 0.